The first-order valence-electron chi connectivity index (χ1n) is 9.07. The number of nitrogens with one attached hydrogen (secondary N) is 1. The Hall–Kier alpha value is -2.20. The number of anilines is 1. The normalized spacial score (nSPS) is 18.0. The van der Waals surface area contributed by atoms with E-state index < -0.39 is 0 Å². The average molecular weight is 338 g/mol. The number of carbonyl (C=O) groups excluding carboxylic acids is 1. The van der Waals surface area contributed by atoms with Crippen LogP contribution in [0.5, 0.6) is 0 Å². The van der Waals surface area contributed by atoms with Crippen molar-refractivity contribution in [2.24, 2.45) is 5.92 Å². The van der Waals surface area contributed by atoms with Gasteiger partial charge in [0.2, 0.25) is 0 Å². The van der Waals surface area contributed by atoms with E-state index in [2.05, 4.69) is 28.4 Å². The standard InChI is InChI=1S/C21H23FN2O/c22-19-6-4-16(5-7-19)21(25)17-9-12-24(13-10-17)14-18-3-1-2-15-8-11-23-20(15)18/h1-7,17,23H,8-14H2. The molecule has 1 saturated heterocycles. The highest BCUT2D eigenvalue weighted by Gasteiger charge is 2.26. The van der Waals surface area contributed by atoms with Gasteiger partial charge < -0.3 is 5.32 Å². The Morgan fingerprint density at radius 1 is 1.12 bits per heavy atom. The van der Waals surface area contributed by atoms with E-state index >= 15 is 0 Å². The van der Waals surface area contributed by atoms with Gasteiger partial charge in [-0.3, -0.25) is 9.69 Å². The van der Waals surface area contributed by atoms with E-state index in [1.165, 1.54) is 28.9 Å². The van der Waals surface area contributed by atoms with Crippen LogP contribution in [0, 0.1) is 11.7 Å². The number of halogens is 1. The first-order chi connectivity index (χ1) is 12.2. The van der Waals surface area contributed by atoms with Crippen LogP contribution < -0.4 is 5.32 Å². The summed E-state index contributed by atoms with van der Waals surface area (Å²) in [7, 11) is 0. The quantitative estimate of drug-likeness (QED) is 0.859. The highest BCUT2D eigenvalue weighted by Crippen LogP contribution is 2.29. The van der Waals surface area contributed by atoms with Gasteiger partial charge in [-0.1, -0.05) is 18.2 Å². The lowest BCUT2D eigenvalue weighted by molar-refractivity contribution is 0.0835. The van der Waals surface area contributed by atoms with Gasteiger partial charge in [0.15, 0.2) is 5.78 Å². The molecule has 2 aliphatic heterocycles. The molecular weight excluding hydrogens is 315 g/mol. The summed E-state index contributed by atoms with van der Waals surface area (Å²) < 4.78 is 13.0. The number of hydrogen-bond donors (Lipinski definition) is 1. The Morgan fingerprint density at radius 2 is 1.88 bits per heavy atom. The zero-order valence-electron chi connectivity index (χ0n) is 14.3. The molecule has 4 rings (SSSR count). The molecule has 2 aromatic carbocycles. The summed E-state index contributed by atoms with van der Waals surface area (Å²) in [6.45, 7) is 3.83. The van der Waals surface area contributed by atoms with Crippen LogP contribution in [0.3, 0.4) is 0 Å². The van der Waals surface area contributed by atoms with Gasteiger partial charge >= 0.3 is 0 Å². The topological polar surface area (TPSA) is 32.3 Å². The third kappa shape index (κ3) is 3.45. The molecule has 4 heteroatoms. The maximum absolute atomic E-state index is 13.0. The average Bonchev–Trinajstić information content (AvgIpc) is 3.12. The predicted octanol–water partition coefficient (Wildman–Crippen LogP) is 3.89. The molecule has 130 valence electrons. The van der Waals surface area contributed by atoms with Gasteiger partial charge in [-0.25, -0.2) is 4.39 Å². The molecule has 3 nitrogen and oxygen atoms in total. The first kappa shape index (κ1) is 16.3. The maximum Gasteiger partial charge on any atom is 0.166 e. The fourth-order valence-corrected chi connectivity index (χ4v) is 3.99. The number of fused-ring (bicyclic) bond motifs is 1. The summed E-state index contributed by atoms with van der Waals surface area (Å²) in [6, 6.07) is 12.5. The SMILES string of the molecule is O=C(c1ccc(F)cc1)C1CCN(Cc2cccc3c2NCC3)CC1. The predicted molar refractivity (Wildman–Crippen MR) is 97.4 cm³/mol. The fourth-order valence-electron chi connectivity index (χ4n) is 3.99. The third-order valence-corrected chi connectivity index (χ3v) is 5.41. The molecule has 0 aliphatic carbocycles. The molecule has 0 bridgehead atoms. The van der Waals surface area contributed by atoms with Crippen LogP contribution in [0.2, 0.25) is 0 Å². The Bertz CT molecular complexity index is 764. The van der Waals surface area contributed by atoms with Gasteiger partial charge in [0.1, 0.15) is 5.82 Å². The number of benzene rings is 2. The second kappa shape index (κ2) is 6.96. The number of likely N-dealkylation sites (tertiary alicyclic amines) is 1. The van der Waals surface area contributed by atoms with Gasteiger partial charge in [0.25, 0.3) is 0 Å². The van der Waals surface area contributed by atoms with E-state index in [0.29, 0.717) is 5.56 Å². The van der Waals surface area contributed by atoms with Crippen molar-refractivity contribution < 1.29 is 9.18 Å². The van der Waals surface area contributed by atoms with Crippen LogP contribution in [0.1, 0.15) is 34.3 Å². The molecule has 0 atom stereocenters. The number of rotatable bonds is 4. The van der Waals surface area contributed by atoms with Crippen molar-refractivity contribution in [3.63, 3.8) is 0 Å². The molecule has 0 radical (unpaired) electrons. The van der Waals surface area contributed by atoms with Crippen LogP contribution in [0.25, 0.3) is 0 Å². The van der Waals surface area contributed by atoms with Crippen LogP contribution in [0.15, 0.2) is 42.5 Å². The molecule has 2 aromatic rings. The molecule has 2 aliphatic rings. The largest absolute Gasteiger partial charge is 0.384 e. The van der Waals surface area contributed by atoms with Crippen molar-refractivity contribution >= 4 is 11.5 Å². The minimum absolute atomic E-state index is 0.0568. The summed E-state index contributed by atoms with van der Waals surface area (Å²) in [6.07, 6.45) is 2.86. The highest BCUT2D eigenvalue weighted by atomic mass is 19.1. The van der Waals surface area contributed by atoms with Gasteiger partial charge in [-0.05, 0) is 67.7 Å². The number of ketones is 1. The van der Waals surface area contributed by atoms with E-state index in [1.807, 2.05) is 0 Å². The lowest BCUT2D eigenvalue weighted by Crippen LogP contribution is -2.36. The smallest absolute Gasteiger partial charge is 0.166 e. The first-order valence-corrected chi connectivity index (χ1v) is 9.07. The molecule has 0 unspecified atom stereocenters. The molecule has 0 aromatic heterocycles. The minimum atomic E-state index is -0.296. The van der Waals surface area contributed by atoms with Crippen LogP contribution in [0.4, 0.5) is 10.1 Å². The highest BCUT2D eigenvalue weighted by molar-refractivity contribution is 5.97. The second-order valence-corrected chi connectivity index (χ2v) is 7.05. The third-order valence-electron chi connectivity index (χ3n) is 5.41. The number of hydrogen-bond acceptors (Lipinski definition) is 3. The lowest BCUT2D eigenvalue weighted by Gasteiger charge is -2.31. The number of para-hydroxylation sites is 1. The van der Waals surface area contributed by atoms with E-state index in [9.17, 15) is 9.18 Å². The Balaban J connectivity index is 1.36. The van der Waals surface area contributed by atoms with Crippen molar-refractivity contribution in [3.8, 4) is 0 Å². The summed E-state index contributed by atoms with van der Waals surface area (Å²) in [5.41, 5.74) is 4.72. The number of Topliss-reactive ketones (excluding diaryl/α,β-unsaturated/α-hetero) is 1. The fraction of sp³-hybridized carbons (Fsp3) is 0.381. The molecule has 25 heavy (non-hydrogen) atoms. The molecular formula is C21H23FN2O. The molecule has 0 amide bonds. The summed E-state index contributed by atoms with van der Waals surface area (Å²) in [4.78, 5) is 15.0. The minimum Gasteiger partial charge on any atom is -0.384 e. The van der Waals surface area contributed by atoms with Crippen molar-refractivity contribution in [1.29, 1.82) is 0 Å². The van der Waals surface area contributed by atoms with Crippen LogP contribution >= 0.6 is 0 Å². The van der Waals surface area contributed by atoms with Gasteiger partial charge in [-0.15, -0.1) is 0 Å². The molecule has 0 spiro atoms. The second-order valence-electron chi connectivity index (χ2n) is 7.05. The zero-order valence-corrected chi connectivity index (χ0v) is 14.3. The monoisotopic (exact) mass is 338 g/mol. The Labute approximate surface area is 147 Å². The van der Waals surface area contributed by atoms with Crippen molar-refractivity contribution in [1.82, 2.24) is 4.90 Å². The van der Waals surface area contributed by atoms with E-state index in [-0.39, 0.29) is 17.5 Å². The van der Waals surface area contributed by atoms with Gasteiger partial charge in [0, 0.05) is 30.3 Å². The Kier molecular flexibility index (Phi) is 4.53. The van der Waals surface area contributed by atoms with Crippen LogP contribution in [-0.2, 0) is 13.0 Å². The van der Waals surface area contributed by atoms with E-state index in [0.717, 1.165) is 45.4 Å². The maximum atomic E-state index is 13.0. The summed E-state index contributed by atoms with van der Waals surface area (Å²) >= 11 is 0. The molecule has 1 fully saturated rings. The lowest BCUT2D eigenvalue weighted by atomic mass is 9.88. The summed E-state index contributed by atoms with van der Waals surface area (Å²) in [5.74, 6) is -0.0846. The van der Waals surface area contributed by atoms with E-state index in [1.54, 1.807) is 12.1 Å². The Morgan fingerprint density at radius 3 is 2.64 bits per heavy atom. The molecule has 1 N–H and O–H groups in total. The number of nitrogens with zero attached hydrogens (tertiary/aromatic N) is 1. The van der Waals surface area contributed by atoms with Crippen molar-refractivity contribution in [2.45, 2.75) is 25.8 Å². The van der Waals surface area contributed by atoms with E-state index in [4.69, 9.17) is 0 Å². The molecule has 0 saturated carbocycles. The van der Waals surface area contributed by atoms with Crippen LogP contribution in [-0.4, -0.2) is 30.3 Å². The summed E-state index contributed by atoms with van der Waals surface area (Å²) in [5, 5.41) is 3.50. The number of carbonyl (C=O) groups is 1. The van der Waals surface area contributed by atoms with Gasteiger partial charge in [-0.2, -0.15) is 0 Å². The van der Waals surface area contributed by atoms with Crippen molar-refractivity contribution in [2.75, 3.05) is 25.0 Å². The van der Waals surface area contributed by atoms with Gasteiger partial charge in [0.05, 0.1) is 0 Å². The van der Waals surface area contributed by atoms with Crippen molar-refractivity contribution in [3.05, 3.63) is 65.0 Å². The molecule has 2 heterocycles. The zero-order chi connectivity index (χ0) is 17.2. The number of piperidine rings is 1.